The van der Waals surface area contributed by atoms with E-state index in [1.165, 1.54) is 29.4 Å². The van der Waals surface area contributed by atoms with Crippen LogP contribution < -0.4 is 5.32 Å². The monoisotopic (exact) mass is 525 g/mol. The van der Waals surface area contributed by atoms with Crippen LogP contribution in [0.4, 0.5) is 4.39 Å². The van der Waals surface area contributed by atoms with Crippen LogP contribution in [-0.4, -0.2) is 59.0 Å². The molecule has 2 aliphatic rings. The summed E-state index contributed by atoms with van der Waals surface area (Å²) in [5.74, 6) is -1.08. The molecular formula is C27H25ClFN3O5. The number of amides is 3. The molecule has 0 aliphatic carbocycles. The van der Waals surface area contributed by atoms with Crippen LogP contribution in [-0.2, 0) is 16.1 Å². The molecule has 10 heteroatoms. The van der Waals surface area contributed by atoms with Gasteiger partial charge in [-0.05, 0) is 48.5 Å². The first-order chi connectivity index (χ1) is 17.9. The van der Waals surface area contributed by atoms with Crippen LogP contribution in [0, 0.1) is 5.82 Å². The number of piperidine rings is 1. The SMILES string of the molecule is O=C(NCc1ccco1)C1COC2(CCN(C(=O)c3cccc(Cl)c3)CC2)N1C(=O)c1cccc(F)c1. The number of likely N-dealkylation sites (tertiary alicyclic amines) is 1. The van der Waals surface area contributed by atoms with Crippen molar-refractivity contribution in [1.82, 2.24) is 15.1 Å². The third-order valence-electron chi connectivity index (χ3n) is 6.77. The molecule has 0 saturated carbocycles. The Bertz CT molecular complexity index is 1310. The van der Waals surface area contributed by atoms with Gasteiger partial charge in [0.25, 0.3) is 11.8 Å². The summed E-state index contributed by atoms with van der Waals surface area (Å²) >= 11 is 6.05. The lowest BCUT2D eigenvalue weighted by atomic mass is 9.96. The predicted molar refractivity (Wildman–Crippen MR) is 132 cm³/mol. The zero-order valence-corrected chi connectivity index (χ0v) is 20.6. The third kappa shape index (κ3) is 5.10. The van der Waals surface area contributed by atoms with Crippen LogP contribution in [0.15, 0.2) is 71.3 Å². The van der Waals surface area contributed by atoms with Crippen molar-refractivity contribution in [2.75, 3.05) is 19.7 Å². The van der Waals surface area contributed by atoms with E-state index >= 15 is 0 Å². The second-order valence-electron chi connectivity index (χ2n) is 9.06. The molecule has 3 heterocycles. The molecule has 0 radical (unpaired) electrons. The zero-order valence-electron chi connectivity index (χ0n) is 19.9. The Morgan fingerprint density at radius 3 is 2.41 bits per heavy atom. The molecule has 1 spiro atoms. The summed E-state index contributed by atoms with van der Waals surface area (Å²) in [5, 5.41) is 3.26. The lowest BCUT2D eigenvalue weighted by Crippen LogP contribution is -2.59. The molecule has 0 bridgehead atoms. The Hall–Kier alpha value is -3.69. The van der Waals surface area contributed by atoms with Crippen LogP contribution in [0.3, 0.4) is 0 Å². The number of carbonyl (C=O) groups excluding carboxylic acids is 3. The Labute approximate surface area is 217 Å². The normalized spacial score (nSPS) is 18.7. The molecule has 192 valence electrons. The maximum Gasteiger partial charge on any atom is 0.256 e. The highest BCUT2D eigenvalue weighted by atomic mass is 35.5. The number of benzene rings is 2. The van der Waals surface area contributed by atoms with E-state index in [0.29, 0.717) is 42.3 Å². The minimum atomic E-state index is -1.11. The van der Waals surface area contributed by atoms with Gasteiger partial charge >= 0.3 is 0 Å². The van der Waals surface area contributed by atoms with Crippen molar-refractivity contribution in [3.05, 3.63) is 94.7 Å². The first kappa shape index (κ1) is 25.0. The number of hydrogen-bond donors (Lipinski definition) is 1. The largest absolute Gasteiger partial charge is 0.467 e. The molecule has 1 atom stereocenters. The number of carbonyl (C=O) groups is 3. The number of ether oxygens (including phenoxy) is 1. The molecule has 5 rings (SSSR count). The van der Waals surface area contributed by atoms with E-state index in [4.69, 9.17) is 20.8 Å². The van der Waals surface area contributed by atoms with Gasteiger partial charge in [-0.25, -0.2) is 4.39 Å². The van der Waals surface area contributed by atoms with Crippen molar-refractivity contribution < 1.29 is 27.9 Å². The highest BCUT2D eigenvalue weighted by molar-refractivity contribution is 6.30. The fourth-order valence-electron chi connectivity index (χ4n) is 4.90. The van der Waals surface area contributed by atoms with Crippen molar-refractivity contribution >= 4 is 29.3 Å². The van der Waals surface area contributed by atoms with E-state index in [0.717, 1.165) is 6.07 Å². The van der Waals surface area contributed by atoms with E-state index in [2.05, 4.69) is 5.32 Å². The average Bonchev–Trinajstić information content (AvgIpc) is 3.55. The molecule has 1 unspecified atom stereocenters. The molecule has 8 nitrogen and oxygen atoms in total. The van der Waals surface area contributed by atoms with Crippen LogP contribution in [0.2, 0.25) is 5.02 Å². The van der Waals surface area contributed by atoms with E-state index in [9.17, 15) is 18.8 Å². The van der Waals surface area contributed by atoms with Crippen molar-refractivity contribution in [1.29, 1.82) is 0 Å². The molecule has 1 N–H and O–H groups in total. The standard InChI is InChI=1S/C27H25ClFN3O5/c28-20-6-1-4-18(14-20)25(34)31-11-9-27(10-12-31)32(26(35)19-5-2-7-21(29)15-19)23(17-37-27)24(33)30-16-22-8-3-13-36-22/h1-8,13-15,23H,9-12,16-17H2,(H,30,33). The minimum absolute atomic E-state index is 0.0206. The van der Waals surface area contributed by atoms with Crippen LogP contribution in [0.25, 0.3) is 0 Å². The highest BCUT2D eigenvalue weighted by Crippen LogP contribution is 2.39. The summed E-state index contributed by atoms with van der Waals surface area (Å²) in [6.07, 6.45) is 2.10. The fraction of sp³-hybridized carbons (Fsp3) is 0.296. The molecule has 3 amide bonds. The first-order valence-corrected chi connectivity index (χ1v) is 12.3. The van der Waals surface area contributed by atoms with Gasteiger partial charge in [0.2, 0.25) is 5.91 Å². The minimum Gasteiger partial charge on any atom is -0.467 e. The number of furan rings is 1. The summed E-state index contributed by atoms with van der Waals surface area (Å²) in [6, 6.07) is 14.6. The topological polar surface area (TPSA) is 92.1 Å². The number of hydrogen-bond acceptors (Lipinski definition) is 5. The van der Waals surface area contributed by atoms with Gasteiger partial charge in [-0.1, -0.05) is 23.7 Å². The zero-order chi connectivity index (χ0) is 26.0. The van der Waals surface area contributed by atoms with Gasteiger partial charge in [0.1, 0.15) is 23.3 Å². The summed E-state index contributed by atoms with van der Waals surface area (Å²) in [5.41, 5.74) is -0.522. The van der Waals surface area contributed by atoms with Crippen molar-refractivity contribution in [3.8, 4) is 0 Å². The van der Waals surface area contributed by atoms with Crippen LogP contribution in [0.5, 0.6) is 0 Å². The second kappa shape index (κ2) is 10.4. The lowest BCUT2D eigenvalue weighted by molar-refractivity contribution is -0.128. The van der Waals surface area contributed by atoms with Gasteiger partial charge in [-0.2, -0.15) is 0 Å². The second-order valence-corrected chi connectivity index (χ2v) is 9.49. The van der Waals surface area contributed by atoms with E-state index in [-0.39, 0.29) is 24.6 Å². The lowest BCUT2D eigenvalue weighted by Gasteiger charge is -2.44. The fourth-order valence-corrected chi connectivity index (χ4v) is 5.09. The quantitative estimate of drug-likeness (QED) is 0.546. The average molecular weight is 526 g/mol. The highest BCUT2D eigenvalue weighted by Gasteiger charge is 2.54. The summed E-state index contributed by atoms with van der Waals surface area (Å²) in [6.45, 7) is 0.741. The van der Waals surface area contributed by atoms with Gasteiger partial charge in [-0.15, -0.1) is 0 Å². The Kier molecular flexibility index (Phi) is 6.99. The third-order valence-corrected chi connectivity index (χ3v) is 7.01. The van der Waals surface area contributed by atoms with Crippen molar-refractivity contribution in [3.63, 3.8) is 0 Å². The molecule has 2 saturated heterocycles. The molecule has 2 fully saturated rings. The molecule has 1 aromatic heterocycles. The van der Waals surface area contributed by atoms with E-state index in [1.54, 1.807) is 41.3 Å². The Balaban J connectivity index is 1.37. The molecule has 37 heavy (non-hydrogen) atoms. The predicted octanol–water partition coefficient (Wildman–Crippen LogP) is 3.86. The maximum atomic E-state index is 14.0. The summed E-state index contributed by atoms with van der Waals surface area (Å²) in [4.78, 5) is 43.0. The van der Waals surface area contributed by atoms with Crippen molar-refractivity contribution in [2.24, 2.45) is 0 Å². The van der Waals surface area contributed by atoms with E-state index < -0.39 is 29.4 Å². The van der Waals surface area contributed by atoms with Gasteiger partial charge in [0.15, 0.2) is 0 Å². The molecule has 3 aromatic rings. The number of nitrogens with zero attached hydrogens (tertiary/aromatic N) is 2. The van der Waals surface area contributed by atoms with Gasteiger partial charge in [0, 0.05) is 42.1 Å². The van der Waals surface area contributed by atoms with Crippen LogP contribution >= 0.6 is 11.6 Å². The molecule has 2 aromatic carbocycles. The molecular weight excluding hydrogens is 501 g/mol. The number of halogens is 2. The Morgan fingerprint density at radius 2 is 1.73 bits per heavy atom. The maximum absolute atomic E-state index is 14.0. The van der Waals surface area contributed by atoms with Crippen LogP contribution in [0.1, 0.15) is 39.3 Å². The number of rotatable bonds is 5. The Morgan fingerprint density at radius 1 is 1.00 bits per heavy atom. The summed E-state index contributed by atoms with van der Waals surface area (Å²) in [7, 11) is 0. The first-order valence-electron chi connectivity index (χ1n) is 11.9. The smallest absolute Gasteiger partial charge is 0.256 e. The summed E-state index contributed by atoms with van der Waals surface area (Å²) < 4.78 is 25.4. The molecule has 2 aliphatic heterocycles. The van der Waals surface area contributed by atoms with Gasteiger partial charge < -0.3 is 19.4 Å². The van der Waals surface area contributed by atoms with Crippen molar-refractivity contribution in [2.45, 2.75) is 31.2 Å². The van der Waals surface area contributed by atoms with Gasteiger partial charge in [0.05, 0.1) is 19.4 Å². The van der Waals surface area contributed by atoms with Gasteiger partial charge in [-0.3, -0.25) is 19.3 Å². The number of nitrogens with one attached hydrogen (secondary N) is 1. The van der Waals surface area contributed by atoms with E-state index in [1.807, 2.05) is 0 Å².